The van der Waals surface area contributed by atoms with Crippen LogP contribution in [0.5, 0.6) is 0 Å². The van der Waals surface area contributed by atoms with E-state index in [1.54, 1.807) is 7.11 Å². The quantitative estimate of drug-likeness (QED) is 0.448. The summed E-state index contributed by atoms with van der Waals surface area (Å²) in [7, 11) is 3.01. The molecule has 0 aliphatic heterocycles. The summed E-state index contributed by atoms with van der Waals surface area (Å²) in [5, 5.41) is 0. The topological polar surface area (TPSA) is 44.8 Å². The lowest BCUT2D eigenvalue weighted by atomic mass is 9.87. The zero-order valence-corrected chi connectivity index (χ0v) is 11.6. The second kappa shape index (κ2) is 5.31. The number of esters is 1. The number of hydrogen-bond donors (Lipinski definition) is 0. The van der Waals surface area contributed by atoms with E-state index in [0.717, 1.165) is 12.0 Å². The molecule has 1 fully saturated rings. The van der Waals surface area contributed by atoms with Crippen molar-refractivity contribution in [3.63, 3.8) is 0 Å². The molecule has 1 aliphatic carbocycles. The highest BCUT2D eigenvalue weighted by atomic mass is 16.7. The minimum Gasteiger partial charge on any atom is -0.469 e. The van der Waals surface area contributed by atoms with Crippen molar-refractivity contribution in [3.8, 4) is 0 Å². The van der Waals surface area contributed by atoms with Crippen LogP contribution in [0.2, 0.25) is 0 Å². The highest BCUT2D eigenvalue weighted by molar-refractivity contribution is 5.83. The molecule has 0 aromatic heterocycles. The van der Waals surface area contributed by atoms with Crippen molar-refractivity contribution in [2.24, 2.45) is 5.41 Å². The maximum absolute atomic E-state index is 12.0. The molecule has 0 saturated heterocycles. The largest absolute Gasteiger partial charge is 0.469 e. The highest BCUT2D eigenvalue weighted by Crippen LogP contribution is 2.65. The number of methoxy groups -OCH3 is 2. The molecule has 0 N–H and O–H groups in total. The zero-order chi connectivity index (χ0) is 13.9. The Morgan fingerprint density at radius 1 is 1.26 bits per heavy atom. The summed E-state index contributed by atoms with van der Waals surface area (Å²) in [4.78, 5) is 12.0. The van der Waals surface area contributed by atoms with Crippen molar-refractivity contribution in [2.75, 3.05) is 27.6 Å². The van der Waals surface area contributed by atoms with E-state index >= 15 is 0 Å². The van der Waals surface area contributed by atoms with Gasteiger partial charge in [0.2, 0.25) is 0 Å². The summed E-state index contributed by atoms with van der Waals surface area (Å²) in [5.74, 6) is -0.183. The van der Waals surface area contributed by atoms with Crippen LogP contribution in [0.4, 0.5) is 0 Å². The molecule has 1 aromatic rings. The Hall–Kier alpha value is -1.39. The molecule has 0 bridgehead atoms. The van der Waals surface area contributed by atoms with Crippen LogP contribution in [0.15, 0.2) is 30.3 Å². The van der Waals surface area contributed by atoms with E-state index < -0.39 is 5.41 Å². The zero-order valence-electron chi connectivity index (χ0n) is 11.6. The summed E-state index contributed by atoms with van der Waals surface area (Å²) >= 11 is 0. The number of carbonyl (C=O) groups is 1. The third-order valence-electron chi connectivity index (χ3n) is 4.10. The predicted molar refractivity (Wildman–Crippen MR) is 70.7 cm³/mol. The van der Waals surface area contributed by atoms with Gasteiger partial charge in [0.25, 0.3) is 0 Å². The van der Waals surface area contributed by atoms with Crippen LogP contribution >= 0.6 is 0 Å². The van der Waals surface area contributed by atoms with Crippen LogP contribution < -0.4 is 0 Å². The van der Waals surface area contributed by atoms with Crippen LogP contribution in [0.25, 0.3) is 0 Å². The monoisotopic (exact) mass is 264 g/mol. The molecular weight excluding hydrogens is 244 g/mol. The maximum Gasteiger partial charge on any atom is 0.312 e. The van der Waals surface area contributed by atoms with Crippen LogP contribution in [-0.4, -0.2) is 33.6 Å². The number of rotatable bonds is 6. The molecule has 2 rings (SSSR count). The Labute approximate surface area is 113 Å². The van der Waals surface area contributed by atoms with Gasteiger partial charge in [-0.1, -0.05) is 30.3 Å². The van der Waals surface area contributed by atoms with Gasteiger partial charge in [-0.15, -0.1) is 0 Å². The van der Waals surface area contributed by atoms with Crippen LogP contribution in [-0.2, 0) is 24.4 Å². The average Bonchev–Trinajstić information content (AvgIpc) is 3.07. The third kappa shape index (κ3) is 2.26. The van der Waals surface area contributed by atoms with Gasteiger partial charge in [0.1, 0.15) is 6.79 Å². The fourth-order valence-electron chi connectivity index (χ4n) is 2.82. The van der Waals surface area contributed by atoms with Crippen molar-refractivity contribution in [1.82, 2.24) is 0 Å². The third-order valence-corrected chi connectivity index (χ3v) is 4.10. The molecule has 0 radical (unpaired) electrons. The standard InChI is InChI=1S/C15H20O4/c1-14(13(16)18-3)9-15(14,10-19-11-17-2)12-7-5-4-6-8-12/h4-8H,9-11H2,1-3H3/t14-,15+/m0/s1. The van der Waals surface area contributed by atoms with Crippen molar-refractivity contribution >= 4 is 5.97 Å². The first-order valence-electron chi connectivity index (χ1n) is 6.31. The molecule has 0 spiro atoms. The van der Waals surface area contributed by atoms with E-state index in [9.17, 15) is 4.79 Å². The molecule has 4 heteroatoms. The normalized spacial score (nSPS) is 29.0. The first-order chi connectivity index (χ1) is 9.10. The number of carbonyl (C=O) groups excluding carboxylic acids is 1. The van der Waals surface area contributed by atoms with Crippen molar-refractivity contribution in [1.29, 1.82) is 0 Å². The van der Waals surface area contributed by atoms with Crippen LogP contribution in [0, 0.1) is 5.41 Å². The first kappa shape index (κ1) is 14.0. The lowest BCUT2D eigenvalue weighted by molar-refractivity contribution is -0.148. The summed E-state index contributed by atoms with van der Waals surface area (Å²) in [5.41, 5.74) is 0.287. The molecule has 1 aromatic carbocycles. The molecule has 104 valence electrons. The Morgan fingerprint density at radius 2 is 1.95 bits per heavy atom. The van der Waals surface area contributed by atoms with Crippen molar-refractivity contribution < 1.29 is 19.0 Å². The Bertz CT molecular complexity index is 445. The lowest BCUT2D eigenvalue weighted by Gasteiger charge is -2.22. The number of hydrogen-bond acceptors (Lipinski definition) is 4. The fraction of sp³-hybridized carbons (Fsp3) is 0.533. The minimum atomic E-state index is -0.517. The van der Waals surface area contributed by atoms with Gasteiger partial charge in [-0.05, 0) is 18.9 Å². The molecule has 0 amide bonds. The van der Waals surface area contributed by atoms with Gasteiger partial charge in [0.05, 0.1) is 19.1 Å². The van der Waals surface area contributed by atoms with Crippen molar-refractivity contribution in [3.05, 3.63) is 35.9 Å². The first-order valence-corrected chi connectivity index (χ1v) is 6.31. The van der Waals surface area contributed by atoms with Crippen molar-refractivity contribution in [2.45, 2.75) is 18.8 Å². The molecule has 1 saturated carbocycles. The molecule has 0 unspecified atom stereocenters. The molecular formula is C15H20O4. The SMILES string of the molecule is COCOC[C@@]1(c2ccccc2)C[C@@]1(C)C(=O)OC. The van der Waals surface area contributed by atoms with Gasteiger partial charge in [0.15, 0.2) is 0 Å². The summed E-state index contributed by atoms with van der Waals surface area (Å²) < 4.78 is 15.4. The van der Waals surface area contributed by atoms with Crippen LogP contribution in [0.1, 0.15) is 18.9 Å². The molecule has 0 heterocycles. The van der Waals surface area contributed by atoms with Gasteiger partial charge < -0.3 is 14.2 Å². The van der Waals surface area contributed by atoms with E-state index in [1.807, 2.05) is 37.3 Å². The molecule has 2 atom stereocenters. The number of ether oxygens (including phenoxy) is 3. The molecule has 4 nitrogen and oxygen atoms in total. The van der Waals surface area contributed by atoms with E-state index in [-0.39, 0.29) is 18.2 Å². The van der Waals surface area contributed by atoms with Gasteiger partial charge in [-0.2, -0.15) is 0 Å². The fourth-order valence-corrected chi connectivity index (χ4v) is 2.82. The Morgan fingerprint density at radius 3 is 2.53 bits per heavy atom. The van der Waals surface area contributed by atoms with Crippen LogP contribution in [0.3, 0.4) is 0 Å². The van der Waals surface area contributed by atoms with E-state index in [0.29, 0.717) is 6.61 Å². The highest BCUT2D eigenvalue weighted by Gasteiger charge is 2.70. The predicted octanol–water partition coefficient (Wildman–Crippen LogP) is 2.13. The van der Waals surface area contributed by atoms with Gasteiger partial charge in [0, 0.05) is 12.5 Å². The minimum absolute atomic E-state index is 0.183. The van der Waals surface area contributed by atoms with Gasteiger partial charge in [-0.25, -0.2) is 0 Å². The summed E-state index contributed by atoms with van der Waals surface area (Å²) in [6, 6.07) is 9.98. The van der Waals surface area contributed by atoms with Gasteiger partial charge >= 0.3 is 5.97 Å². The second-order valence-corrected chi connectivity index (χ2v) is 5.20. The van der Waals surface area contributed by atoms with E-state index in [1.165, 1.54) is 7.11 Å². The maximum atomic E-state index is 12.0. The molecule has 1 aliphatic rings. The second-order valence-electron chi connectivity index (χ2n) is 5.20. The van der Waals surface area contributed by atoms with E-state index in [2.05, 4.69) is 0 Å². The van der Waals surface area contributed by atoms with Gasteiger partial charge in [-0.3, -0.25) is 4.79 Å². The smallest absolute Gasteiger partial charge is 0.312 e. The Kier molecular flexibility index (Phi) is 3.92. The summed E-state index contributed by atoms with van der Waals surface area (Å²) in [6.07, 6.45) is 0.737. The Balaban J connectivity index is 2.25. The number of benzene rings is 1. The summed E-state index contributed by atoms with van der Waals surface area (Å²) in [6.45, 7) is 2.62. The average molecular weight is 264 g/mol. The lowest BCUT2D eigenvalue weighted by Crippen LogP contribution is -2.29. The molecule has 19 heavy (non-hydrogen) atoms. The van der Waals surface area contributed by atoms with E-state index in [4.69, 9.17) is 14.2 Å².